The Balaban J connectivity index is 1.81. The Kier molecular flexibility index (Phi) is 4.55. The molecule has 1 unspecified atom stereocenters. The van der Waals surface area contributed by atoms with Gasteiger partial charge >= 0.3 is 0 Å². The van der Waals surface area contributed by atoms with Gasteiger partial charge in [-0.2, -0.15) is 11.8 Å². The van der Waals surface area contributed by atoms with Crippen molar-refractivity contribution in [3.63, 3.8) is 0 Å². The molecule has 2 rings (SSSR count). The fourth-order valence-electron chi connectivity index (χ4n) is 1.78. The molecule has 1 aliphatic rings. The van der Waals surface area contributed by atoms with E-state index in [9.17, 15) is 0 Å². The number of hydrogen-bond acceptors (Lipinski definition) is 3. The maximum Gasteiger partial charge on any atom is 0.123 e. The van der Waals surface area contributed by atoms with Gasteiger partial charge in [-0.15, -0.1) is 0 Å². The summed E-state index contributed by atoms with van der Waals surface area (Å²) in [7, 11) is 0. The SMILES string of the molecule is NCCCSCC1Cc2cc(Br)ccc2O1. The molecular weight excluding hydrogens is 286 g/mol. The highest BCUT2D eigenvalue weighted by Crippen LogP contribution is 2.32. The van der Waals surface area contributed by atoms with Gasteiger partial charge in [-0.25, -0.2) is 0 Å². The first-order valence-electron chi connectivity index (χ1n) is 5.52. The third-order valence-corrected chi connectivity index (χ3v) is 4.24. The Bertz CT molecular complexity index is 359. The normalized spacial score (nSPS) is 18.2. The van der Waals surface area contributed by atoms with Gasteiger partial charge in [-0.05, 0) is 42.5 Å². The van der Waals surface area contributed by atoms with Gasteiger partial charge in [0.1, 0.15) is 11.9 Å². The molecule has 1 aliphatic heterocycles. The third kappa shape index (κ3) is 3.15. The summed E-state index contributed by atoms with van der Waals surface area (Å²) >= 11 is 5.42. The highest BCUT2D eigenvalue weighted by atomic mass is 79.9. The van der Waals surface area contributed by atoms with Crippen LogP contribution >= 0.6 is 27.7 Å². The topological polar surface area (TPSA) is 35.2 Å². The number of nitrogens with two attached hydrogens (primary N) is 1. The lowest BCUT2D eigenvalue weighted by molar-refractivity contribution is 0.259. The molecule has 0 aromatic heterocycles. The molecule has 4 heteroatoms. The van der Waals surface area contributed by atoms with Crippen LogP contribution in [0, 0.1) is 0 Å². The number of ether oxygens (including phenoxy) is 1. The van der Waals surface area contributed by atoms with Crippen LogP contribution in [0.15, 0.2) is 22.7 Å². The van der Waals surface area contributed by atoms with E-state index in [-0.39, 0.29) is 0 Å². The van der Waals surface area contributed by atoms with Crippen LogP contribution < -0.4 is 10.5 Å². The average Bonchev–Trinajstić information content (AvgIpc) is 2.66. The molecule has 0 bridgehead atoms. The molecule has 0 fully saturated rings. The van der Waals surface area contributed by atoms with E-state index in [1.54, 1.807) is 0 Å². The van der Waals surface area contributed by atoms with Crippen molar-refractivity contribution in [2.24, 2.45) is 5.73 Å². The lowest BCUT2D eigenvalue weighted by atomic mass is 10.1. The number of fused-ring (bicyclic) bond motifs is 1. The fourth-order valence-corrected chi connectivity index (χ4v) is 3.18. The van der Waals surface area contributed by atoms with Gasteiger partial charge in [-0.3, -0.25) is 0 Å². The number of thioether (sulfide) groups is 1. The third-order valence-electron chi connectivity index (χ3n) is 2.56. The number of hydrogen-bond donors (Lipinski definition) is 1. The standard InChI is InChI=1S/C12H16BrNOS/c13-10-2-3-12-9(6-10)7-11(15-12)8-16-5-1-4-14/h2-3,6,11H,1,4-5,7-8,14H2. The van der Waals surface area contributed by atoms with Crippen LogP contribution in [0.1, 0.15) is 12.0 Å². The lowest BCUT2D eigenvalue weighted by Gasteiger charge is -2.09. The van der Waals surface area contributed by atoms with Crippen molar-refractivity contribution >= 4 is 27.7 Å². The van der Waals surface area contributed by atoms with Gasteiger partial charge < -0.3 is 10.5 Å². The van der Waals surface area contributed by atoms with Crippen molar-refractivity contribution in [2.75, 3.05) is 18.1 Å². The first-order chi connectivity index (χ1) is 7.79. The molecule has 0 aliphatic carbocycles. The first-order valence-corrected chi connectivity index (χ1v) is 7.47. The summed E-state index contributed by atoms with van der Waals surface area (Å²) in [5.74, 6) is 3.25. The van der Waals surface area contributed by atoms with E-state index in [0.717, 1.165) is 41.1 Å². The van der Waals surface area contributed by atoms with Gasteiger partial charge in [-0.1, -0.05) is 15.9 Å². The minimum atomic E-state index is 0.340. The van der Waals surface area contributed by atoms with Crippen molar-refractivity contribution in [1.82, 2.24) is 0 Å². The summed E-state index contributed by atoms with van der Waals surface area (Å²) in [5.41, 5.74) is 6.78. The van der Waals surface area contributed by atoms with Crippen LogP contribution in [0.4, 0.5) is 0 Å². The van der Waals surface area contributed by atoms with Gasteiger partial charge in [0.25, 0.3) is 0 Å². The predicted octanol–water partition coefficient (Wildman–Crippen LogP) is 2.83. The summed E-state index contributed by atoms with van der Waals surface area (Å²) in [5, 5.41) is 0. The molecule has 1 heterocycles. The number of halogens is 1. The highest BCUT2D eigenvalue weighted by molar-refractivity contribution is 9.10. The monoisotopic (exact) mass is 301 g/mol. The van der Waals surface area contributed by atoms with E-state index in [1.807, 2.05) is 23.9 Å². The van der Waals surface area contributed by atoms with E-state index in [0.29, 0.717) is 6.10 Å². The first kappa shape index (κ1) is 12.3. The van der Waals surface area contributed by atoms with Gasteiger partial charge in [0.15, 0.2) is 0 Å². The molecule has 1 atom stereocenters. The second-order valence-electron chi connectivity index (χ2n) is 3.91. The quantitative estimate of drug-likeness (QED) is 0.850. The summed E-state index contributed by atoms with van der Waals surface area (Å²) in [6, 6.07) is 6.23. The minimum Gasteiger partial charge on any atom is -0.489 e. The average molecular weight is 302 g/mol. The number of benzene rings is 1. The Labute approximate surface area is 109 Å². The molecule has 0 amide bonds. The van der Waals surface area contributed by atoms with Crippen LogP contribution in [-0.4, -0.2) is 24.2 Å². The molecule has 1 aromatic carbocycles. The van der Waals surface area contributed by atoms with E-state index >= 15 is 0 Å². The lowest BCUT2D eigenvalue weighted by Crippen LogP contribution is -2.16. The molecule has 16 heavy (non-hydrogen) atoms. The Morgan fingerprint density at radius 3 is 3.19 bits per heavy atom. The fraction of sp³-hybridized carbons (Fsp3) is 0.500. The Hall–Kier alpha value is -0.190. The maximum absolute atomic E-state index is 5.87. The van der Waals surface area contributed by atoms with E-state index < -0.39 is 0 Å². The molecule has 0 saturated heterocycles. The van der Waals surface area contributed by atoms with E-state index in [1.165, 1.54) is 5.56 Å². The molecule has 88 valence electrons. The zero-order valence-electron chi connectivity index (χ0n) is 9.12. The van der Waals surface area contributed by atoms with Gasteiger partial charge in [0.05, 0.1) is 0 Å². The van der Waals surface area contributed by atoms with Crippen molar-refractivity contribution in [3.05, 3.63) is 28.2 Å². The summed E-state index contributed by atoms with van der Waals surface area (Å²) < 4.78 is 7.00. The molecular formula is C12H16BrNOS. The summed E-state index contributed by atoms with van der Waals surface area (Å²) in [4.78, 5) is 0. The molecule has 2 nitrogen and oxygen atoms in total. The van der Waals surface area contributed by atoms with Gasteiger partial charge in [0, 0.05) is 16.6 Å². The maximum atomic E-state index is 5.87. The van der Waals surface area contributed by atoms with Crippen molar-refractivity contribution in [2.45, 2.75) is 18.9 Å². The predicted molar refractivity (Wildman–Crippen MR) is 73.3 cm³/mol. The summed E-state index contributed by atoms with van der Waals surface area (Å²) in [6.07, 6.45) is 2.47. The van der Waals surface area contributed by atoms with Crippen LogP contribution in [0.25, 0.3) is 0 Å². The molecule has 2 N–H and O–H groups in total. The van der Waals surface area contributed by atoms with Crippen molar-refractivity contribution in [1.29, 1.82) is 0 Å². The smallest absolute Gasteiger partial charge is 0.123 e. The molecule has 1 aromatic rings. The largest absolute Gasteiger partial charge is 0.489 e. The zero-order chi connectivity index (χ0) is 11.4. The second-order valence-corrected chi connectivity index (χ2v) is 5.98. The van der Waals surface area contributed by atoms with Crippen LogP contribution in [0.2, 0.25) is 0 Å². The van der Waals surface area contributed by atoms with E-state index in [4.69, 9.17) is 10.5 Å². The molecule has 0 radical (unpaired) electrons. The van der Waals surface area contributed by atoms with E-state index in [2.05, 4.69) is 22.0 Å². The van der Waals surface area contributed by atoms with Crippen molar-refractivity contribution < 1.29 is 4.74 Å². The van der Waals surface area contributed by atoms with Gasteiger partial charge in [0.2, 0.25) is 0 Å². The zero-order valence-corrected chi connectivity index (χ0v) is 11.5. The van der Waals surface area contributed by atoms with Crippen LogP contribution in [0.3, 0.4) is 0 Å². The molecule has 0 spiro atoms. The minimum absolute atomic E-state index is 0.340. The summed E-state index contributed by atoms with van der Waals surface area (Å²) in [6.45, 7) is 0.783. The second kappa shape index (κ2) is 5.94. The number of rotatable bonds is 5. The Morgan fingerprint density at radius 1 is 1.50 bits per heavy atom. The van der Waals surface area contributed by atoms with Crippen molar-refractivity contribution in [3.8, 4) is 5.75 Å². The highest BCUT2D eigenvalue weighted by Gasteiger charge is 2.22. The molecule has 0 saturated carbocycles. The van der Waals surface area contributed by atoms with Crippen LogP contribution in [-0.2, 0) is 6.42 Å². The van der Waals surface area contributed by atoms with Crippen LogP contribution in [0.5, 0.6) is 5.75 Å². The Morgan fingerprint density at radius 2 is 2.38 bits per heavy atom.